The molecule has 0 aliphatic carbocycles. The number of carbonyl (C=O) groups is 1. The maximum absolute atomic E-state index is 12.3. The van der Waals surface area contributed by atoms with E-state index in [1.807, 2.05) is 38.1 Å². The molecule has 0 saturated heterocycles. The third-order valence-electron chi connectivity index (χ3n) is 3.42. The molecule has 1 aromatic carbocycles. The van der Waals surface area contributed by atoms with Crippen LogP contribution in [-0.2, 0) is 28.7 Å². The average molecular weight is 320 g/mol. The summed E-state index contributed by atoms with van der Waals surface area (Å²) in [7, 11) is -1.49. The highest BCUT2D eigenvalue weighted by molar-refractivity contribution is 7.85. The lowest BCUT2D eigenvalue weighted by atomic mass is 10.1. The fraction of sp³-hybridized carbons (Fsp3) is 0.400. The summed E-state index contributed by atoms with van der Waals surface area (Å²) in [5, 5.41) is 11.0. The predicted molar refractivity (Wildman–Crippen MR) is 84.7 cm³/mol. The maximum atomic E-state index is 12.3. The molecule has 0 unspecified atom stereocenters. The second kappa shape index (κ2) is 7.31. The SMILES string of the molecule is CCn1c(C)nnc1[S@@](=O)CC(=O)NCc1ccccc1C. The van der Waals surface area contributed by atoms with Crippen molar-refractivity contribution in [3.8, 4) is 0 Å². The van der Waals surface area contributed by atoms with Crippen LogP contribution >= 0.6 is 0 Å². The van der Waals surface area contributed by atoms with Crippen LogP contribution in [0.3, 0.4) is 0 Å². The van der Waals surface area contributed by atoms with E-state index in [1.165, 1.54) is 0 Å². The highest BCUT2D eigenvalue weighted by Gasteiger charge is 2.17. The molecule has 6 nitrogen and oxygen atoms in total. The Bertz CT molecular complexity index is 697. The Morgan fingerprint density at radius 1 is 1.27 bits per heavy atom. The Morgan fingerprint density at radius 3 is 2.68 bits per heavy atom. The highest BCUT2D eigenvalue weighted by atomic mass is 32.2. The zero-order valence-corrected chi connectivity index (χ0v) is 13.8. The first kappa shape index (κ1) is 16.4. The molecule has 0 saturated carbocycles. The molecule has 2 aromatic rings. The van der Waals surface area contributed by atoms with E-state index in [1.54, 1.807) is 11.5 Å². The largest absolute Gasteiger partial charge is 0.351 e. The standard InChI is InChI=1S/C15H20N4O2S/c1-4-19-12(3)17-18-15(19)22(21)10-14(20)16-9-13-8-6-5-7-11(13)2/h5-8H,4,9-10H2,1-3H3,(H,16,20)/t22-/m0/s1. The zero-order chi connectivity index (χ0) is 16.1. The van der Waals surface area contributed by atoms with Gasteiger partial charge in [0.2, 0.25) is 11.1 Å². The van der Waals surface area contributed by atoms with E-state index < -0.39 is 10.8 Å². The van der Waals surface area contributed by atoms with Crippen molar-refractivity contribution in [2.45, 2.75) is 39.0 Å². The smallest absolute Gasteiger partial charge is 0.233 e. The molecule has 1 aromatic heterocycles. The average Bonchev–Trinajstić information content (AvgIpc) is 2.87. The lowest BCUT2D eigenvalue weighted by Crippen LogP contribution is -2.28. The molecule has 0 spiro atoms. The number of hydrogen-bond acceptors (Lipinski definition) is 4. The minimum absolute atomic E-state index is 0.107. The number of amides is 1. The van der Waals surface area contributed by atoms with Crippen LogP contribution in [-0.4, -0.2) is 30.6 Å². The van der Waals surface area contributed by atoms with Crippen LogP contribution < -0.4 is 5.32 Å². The molecule has 0 radical (unpaired) electrons. The predicted octanol–water partition coefficient (Wildman–Crippen LogP) is 1.34. The van der Waals surface area contributed by atoms with Crippen LogP contribution in [0.15, 0.2) is 29.4 Å². The summed E-state index contributed by atoms with van der Waals surface area (Å²) in [5.41, 5.74) is 2.17. The van der Waals surface area contributed by atoms with Gasteiger partial charge in [-0.3, -0.25) is 9.00 Å². The van der Waals surface area contributed by atoms with Gasteiger partial charge < -0.3 is 9.88 Å². The molecule has 0 fully saturated rings. The van der Waals surface area contributed by atoms with E-state index in [-0.39, 0.29) is 11.7 Å². The van der Waals surface area contributed by atoms with Crippen molar-refractivity contribution in [2.24, 2.45) is 0 Å². The number of aryl methyl sites for hydroxylation is 2. The van der Waals surface area contributed by atoms with E-state index >= 15 is 0 Å². The third-order valence-corrected chi connectivity index (χ3v) is 4.65. The molecule has 1 heterocycles. The molecule has 1 N–H and O–H groups in total. The summed E-state index contributed by atoms with van der Waals surface area (Å²) in [4.78, 5) is 12.0. The maximum Gasteiger partial charge on any atom is 0.233 e. The molecule has 0 aliphatic rings. The molecule has 2 rings (SSSR count). The Kier molecular flexibility index (Phi) is 5.43. The van der Waals surface area contributed by atoms with Gasteiger partial charge in [0, 0.05) is 13.1 Å². The number of nitrogens with one attached hydrogen (secondary N) is 1. The first-order valence-electron chi connectivity index (χ1n) is 7.12. The van der Waals surface area contributed by atoms with Gasteiger partial charge >= 0.3 is 0 Å². The number of hydrogen-bond donors (Lipinski definition) is 1. The Hall–Kier alpha value is -2.02. The van der Waals surface area contributed by atoms with Gasteiger partial charge in [-0.1, -0.05) is 24.3 Å². The van der Waals surface area contributed by atoms with E-state index in [2.05, 4.69) is 15.5 Å². The van der Waals surface area contributed by atoms with Crippen LogP contribution in [0.4, 0.5) is 0 Å². The molecule has 0 aliphatic heterocycles. The number of rotatable bonds is 6. The molecular formula is C15H20N4O2S. The van der Waals surface area contributed by atoms with Gasteiger partial charge in [0.25, 0.3) is 0 Å². The van der Waals surface area contributed by atoms with Crippen molar-refractivity contribution in [3.63, 3.8) is 0 Å². The quantitative estimate of drug-likeness (QED) is 0.871. The minimum atomic E-state index is -1.49. The molecule has 1 atom stereocenters. The second-order valence-electron chi connectivity index (χ2n) is 4.97. The van der Waals surface area contributed by atoms with E-state index in [9.17, 15) is 9.00 Å². The topological polar surface area (TPSA) is 76.9 Å². The molecule has 7 heteroatoms. The monoisotopic (exact) mass is 320 g/mol. The Labute approximate surface area is 132 Å². The first-order chi connectivity index (χ1) is 10.5. The molecule has 118 valence electrons. The van der Waals surface area contributed by atoms with Gasteiger partial charge in [0.1, 0.15) is 22.4 Å². The molecule has 22 heavy (non-hydrogen) atoms. The Morgan fingerprint density at radius 2 is 2.00 bits per heavy atom. The van der Waals surface area contributed by atoms with Gasteiger partial charge in [-0.25, -0.2) is 0 Å². The lowest BCUT2D eigenvalue weighted by molar-refractivity contribution is -0.118. The summed E-state index contributed by atoms with van der Waals surface area (Å²) in [6.07, 6.45) is 0. The van der Waals surface area contributed by atoms with Gasteiger partial charge in [-0.2, -0.15) is 0 Å². The van der Waals surface area contributed by atoms with E-state index in [4.69, 9.17) is 0 Å². The van der Waals surface area contributed by atoms with Crippen LogP contribution in [0, 0.1) is 13.8 Å². The number of benzene rings is 1. The number of aromatic nitrogens is 3. The van der Waals surface area contributed by atoms with E-state index in [0.717, 1.165) is 11.1 Å². The van der Waals surface area contributed by atoms with Crippen molar-refractivity contribution in [3.05, 3.63) is 41.2 Å². The summed E-state index contributed by atoms with van der Waals surface area (Å²) in [6.45, 7) is 6.78. The fourth-order valence-electron chi connectivity index (χ4n) is 2.13. The van der Waals surface area contributed by atoms with Crippen LogP contribution in [0.25, 0.3) is 0 Å². The molecular weight excluding hydrogens is 300 g/mol. The highest BCUT2D eigenvalue weighted by Crippen LogP contribution is 2.08. The van der Waals surface area contributed by atoms with Crippen molar-refractivity contribution >= 4 is 16.7 Å². The van der Waals surface area contributed by atoms with Crippen molar-refractivity contribution in [1.29, 1.82) is 0 Å². The van der Waals surface area contributed by atoms with Gasteiger partial charge in [-0.05, 0) is 31.9 Å². The van der Waals surface area contributed by atoms with Crippen molar-refractivity contribution in [1.82, 2.24) is 20.1 Å². The summed E-state index contributed by atoms with van der Waals surface area (Å²) < 4.78 is 14.0. The fourth-order valence-corrected chi connectivity index (χ4v) is 3.24. The zero-order valence-electron chi connectivity index (χ0n) is 13.0. The summed E-state index contributed by atoms with van der Waals surface area (Å²) in [5.74, 6) is 0.334. The summed E-state index contributed by atoms with van der Waals surface area (Å²) in [6, 6.07) is 7.84. The van der Waals surface area contributed by atoms with Gasteiger partial charge in [-0.15, -0.1) is 10.2 Å². The minimum Gasteiger partial charge on any atom is -0.351 e. The van der Waals surface area contributed by atoms with Gasteiger partial charge in [0.15, 0.2) is 0 Å². The van der Waals surface area contributed by atoms with Crippen LogP contribution in [0.2, 0.25) is 0 Å². The van der Waals surface area contributed by atoms with Crippen LogP contribution in [0.5, 0.6) is 0 Å². The van der Waals surface area contributed by atoms with Crippen LogP contribution in [0.1, 0.15) is 23.9 Å². The summed E-state index contributed by atoms with van der Waals surface area (Å²) >= 11 is 0. The molecule has 0 bridgehead atoms. The van der Waals surface area contributed by atoms with Crippen molar-refractivity contribution in [2.75, 3.05) is 5.75 Å². The lowest BCUT2D eigenvalue weighted by Gasteiger charge is -2.08. The number of nitrogens with zero attached hydrogens (tertiary/aromatic N) is 3. The first-order valence-corrected chi connectivity index (χ1v) is 8.44. The third kappa shape index (κ3) is 3.79. The van der Waals surface area contributed by atoms with E-state index in [0.29, 0.717) is 24.1 Å². The normalized spacial score (nSPS) is 12.1. The van der Waals surface area contributed by atoms with Gasteiger partial charge in [0.05, 0.1) is 0 Å². The number of carbonyl (C=O) groups excluding carboxylic acids is 1. The second-order valence-corrected chi connectivity index (χ2v) is 6.31. The van der Waals surface area contributed by atoms with Crippen molar-refractivity contribution < 1.29 is 9.00 Å². The Balaban J connectivity index is 1.94. The molecule has 1 amide bonds.